The molecule has 0 bridgehead atoms. The molecule has 0 aliphatic carbocycles. The van der Waals surface area contributed by atoms with Crippen molar-refractivity contribution in [1.29, 1.82) is 0 Å². The van der Waals surface area contributed by atoms with E-state index in [4.69, 9.17) is 30.5 Å². The maximum absolute atomic E-state index is 12.7. The number of aromatic amines is 1. The molecule has 1 aliphatic rings. The van der Waals surface area contributed by atoms with E-state index >= 15 is 0 Å². The summed E-state index contributed by atoms with van der Waals surface area (Å²) < 4.78 is 22.1. The summed E-state index contributed by atoms with van der Waals surface area (Å²) in [7, 11) is 3.09. The number of H-pyrrole nitrogens is 1. The summed E-state index contributed by atoms with van der Waals surface area (Å²) in [5, 5.41) is 0.984. The van der Waals surface area contributed by atoms with Crippen LogP contribution in [0.15, 0.2) is 29.1 Å². The summed E-state index contributed by atoms with van der Waals surface area (Å²) in [5.41, 5.74) is 1.33. The zero-order valence-electron chi connectivity index (χ0n) is 18.4. The molecule has 0 atom stereocenters. The number of hydrogen-bond acceptors (Lipinski definition) is 7. The first-order chi connectivity index (χ1) is 15.5. The standard InChI is InChI=1S/C23H26ClN3O5/c1-4-27(12-14-8-16(24)22-20(9-14)31-6-5-7-32-22)13-21-25-17-11-19(30-3)18(29-2)10-15(17)23(28)26-21/h8-11H,4-7,12-13H2,1-3H3,(H,25,26,28). The minimum Gasteiger partial charge on any atom is -0.493 e. The first-order valence-electron chi connectivity index (χ1n) is 10.5. The van der Waals surface area contributed by atoms with Gasteiger partial charge in [0, 0.05) is 19.0 Å². The van der Waals surface area contributed by atoms with Crippen molar-refractivity contribution >= 4 is 22.5 Å². The molecular formula is C23H26ClN3O5. The Morgan fingerprint density at radius 3 is 2.59 bits per heavy atom. The normalized spacial score (nSPS) is 13.3. The van der Waals surface area contributed by atoms with Crippen molar-refractivity contribution in [3.8, 4) is 23.0 Å². The van der Waals surface area contributed by atoms with Gasteiger partial charge >= 0.3 is 0 Å². The summed E-state index contributed by atoms with van der Waals surface area (Å²) in [5.74, 6) is 2.84. The van der Waals surface area contributed by atoms with Gasteiger partial charge in [0.25, 0.3) is 5.56 Å². The highest BCUT2D eigenvalue weighted by atomic mass is 35.5. The van der Waals surface area contributed by atoms with Gasteiger partial charge in [-0.25, -0.2) is 4.98 Å². The Hall–Kier alpha value is -2.97. The molecule has 1 aromatic heterocycles. The third-order valence-corrected chi connectivity index (χ3v) is 5.63. The molecule has 0 unspecified atom stereocenters. The summed E-state index contributed by atoms with van der Waals surface area (Å²) in [6.07, 6.45) is 0.819. The second kappa shape index (κ2) is 9.67. The molecule has 0 spiro atoms. The molecule has 170 valence electrons. The Morgan fingerprint density at radius 2 is 1.84 bits per heavy atom. The second-order valence-electron chi connectivity index (χ2n) is 7.50. The van der Waals surface area contributed by atoms with Crippen molar-refractivity contribution in [2.75, 3.05) is 34.0 Å². The van der Waals surface area contributed by atoms with E-state index in [-0.39, 0.29) is 5.56 Å². The van der Waals surface area contributed by atoms with Gasteiger partial charge in [0.2, 0.25) is 0 Å². The Balaban J connectivity index is 1.59. The molecule has 32 heavy (non-hydrogen) atoms. The summed E-state index contributed by atoms with van der Waals surface area (Å²) in [6, 6.07) is 7.21. The van der Waals surface area contributed by atoms with E-state index in [2.05, 4.69) is 21.8 Å². The van der Waals surface area contributed by atoms with Crippen LogP contribution in [0.25, 0.3) is 10.9 Å². The molecule has 8 nitrogen and oxygen atoms in total. The first kappa shape index (κ1) is 22.2. The van der Waals surface area contributed by atoms with Crippen LogP contribution in [0.2, 0.25) is 5.02 Å². The van der Waals surface area contributed by atoms with Gasteiger partial charge in [-0.3, -0.25) is 9.69 Å². The van der Waals surface area contributed by atoms with Gasteiger partial charge in [-0.15, -0.1) is 0 Å². The van der Waals surface area contributed by atoms with Gasteiger partial charge in [0.15, 0.2) is 23.0 Å². The van der Waals surface area contributed by atoms with E-state index in [1.54, 1.807) is 19.2 Å². The molecule has 0 fully saturated rings. The lowest BCUT2D eigenvalue weighted by atomic mass is 10.1. The van der Waals surface area contributed by atoms with Gasteiger partial charge in [0.1, 0.15) is 5.82 Å². The summed E-state index contributed by atoms with van der Waals surface area (Å²) in [4.78, 5) is 22.4. The number of benzene rings is 2. The largest absolute Gasteiger partial charge is 0.493 e. The molecule has 1 N–H and O–H groups in total. The minimum absolute atomic E-state index is 0.222. The Labute approximate surface area is 191 Å². The van der Waals surface area contributed by atoms with E-state index < -0.39 is 0 Å². The van der Waals surface area contributed by atoms with E-state index in [1.807, 2.05) is 12.1 Å². The lowest BCUT2D eigenvalue weighted by Crippen LogP contribution is -2.25. The minimum atomic E-state index is -0.222. The molecule has 1 aliphatic heterocycles. The topological polar surface area (TPSA) is 85.9 Å². The maximum atomic E-state index is 12.7. The molecular weight excluding hydrogens is 434 g/mol. The molecule has 3 aromatic rings. The number of aromatic nitrogens is 2. The predicted octanol–water partition coefficient (Wildman–Crippen LogP) is 3.78. The fourth-order valence-corrected chi connectivity index (χ4v) is 4.00. The van der Waals surface area contributed by atoms with Gasteiger partial charge in [-0.1, -0.05) is 18.5 Å². The van der Waals surface area contributed by atoms with Crippen LogP contribution in [-0.4, -0.2) is 48.8 Å². The van der Waals surface area contributed by atoms with E-state index in [1.165, 1.54) is 7.11 Å². The summed E-state index contributed by atoms with van der Waals surface area (Å²) >= 11 is 6.44. The molecule has 0 radical (unpaired) electrons. The highest BCUT2D eigenvalue weighted by molar-refractivity contribution is 6.32. The fourth-order valence-electron chi connectivity index (χ4n) is 3.71. The lowest BCUT2D eigenvalue weighted by molar-refractivity contribution is 0.263. The van der Waals surface area contributed by atoms with E-state index in [9.17, 15) is 4.79 Å². The number of fused-ring (bicyclic) bond motifs is 2. The number of halogens is 1. The van der Waals surface area contributed by atoms with Crippen LogP contribution in [0.3, 0.4) is 0 Å². The molecule has 0 saturated carbocycles. The third kappa shape index (κ3) is 4.61. The lowest BCUT2D eigenvalue weighted by Gasteiger charge is -2.21. The molecule has 4 rings (SSSR count). The highest BCUT2D eigenvalue weighted by Gasteiger charge is 2.18. The average Bonchev–Trinajstić information content (AvgIpc) is 3.03. The quantitative estimate of drug-likeness (QED) is 0.575. The Bertz CT molecular complexity index is 1180. The molecule has 9 heteroatoms. The van der Waals surface area contributed by atoms with Crippen LogP contribution in [0.1, 0.15) is 24.7 Å². The van der Waals surface area contributed by atoms with Crippen LogP contribution in [0.5, 0.6) is 23.0 Å². The van der Waals surface area contributed by atoms with Gasteiger partial charge in [0.05, 0.1) is 49.9 Å². The Kier molecular flexibility index (Phi) is 6.72. The zero-order chi connectivity index (χ0) is 22.7. The monoisotopic (exact) mass is 459 g/mol. The van der Waals surface area contributed by atoms with Crippen LogP contribution in [0.4, 0.5) is 0 Å². The van der Waals surface area contributed by atoms with Crippen molar-refractivity contribution in [3.63, 3.8) is 0 Å². The van der Waals surface area contributed by atoms with Crippen molar-refractivity contribution in [3.05, 3.63) is 51.0 Å². The number of nitrogens with zero attached hydrogens (tertiary/aromatic N) is 2. The molecule has 0 saturated heterocycles. The number of ether oxygens (including phenoxy) is 4. The van der Waals surface area contributed by atoms with Crippen LogP contribution in [-0.2, 0) is 13.1 Å². The van der Waals surface area contributed by atoms with Crippen molar-refractivity contribution < 1.29 is 18.9 Å². The number of methoxy groups -OCH3 is 2. The average molecular weight is 460 g/mol. The number of nitrogens with one attached hydrogen (secondary N) is 1. The maximum Gasteiger partial charge on any atom is 0.258 e. The van der Waals surface area contributed by atoms with Crippen molar-refractivity contribution in [1.82, 2.24) is 14.9 Å². The smallest absolute Gasteiger partial charge is 0.258 e. The predicted molar refractivity (Wildman–Crippen MR) is 122 cm³/mol. The molecule has 0 amide bonds. The SMILES string of the molecule is CCN(Cc1cc(Cl)c2c(c1)OCCCO2)Cc1nc2cc(OC)c(OC)cc2c(=O)[nH]1. The first-order valence-corrected chi connectivity index (χ1v) is 10.9. The highest BCUT2D eigenvalue weighted by Crippen LogP contribution is 2.38. The van der Waals surface area contributed by atoms with E-state index in [0.717, 1.165) is 18.5 Å². The zero-order valence-corrected chi connectivity index (χ0v) is 19.1. The second-order valence-corrected chi connectivity index (χ2v) is 7.90. The third-order valence-electron chi connectivity index (χ3n) is 5.35. The van der Waals surface area contributed by atoms with Crippen molar-refractivity contribution in [2.45, 2.75) is 26.4 Å². The van der Waals surface area contributed by atoms with Gasteiger partial charge in [-0.2, -0.15) is 0 Å². The van der Waals surface area contributed by atoms with E-state index in [0.29, 0.717) is 71.1 Å². The summed E-state index contributed by atoms with van der Waals surface area (Å²) in [6.45, 7) is 5.06. The molecule has 2 aromatic carbocycles. The van der Waals surface area contributed by atoms with Gasteiger partial charge in [-0.05, 0) is 30.3 Å². The van der Waals surface area contributed by atoms with Crippen LogP contribution in [0, 0.1) is 0 Å². The van der Waals surface area contributed by atoms with Crippen LogP contribution >= 0.6 is 11.6 Å². The number of rotatable bonds is 7. The fraction of sp³-hybridized carbons (Fsp3) is 0.391. The number of hydrogen-bond donors (Lipinski definition) is 1. The Morgan fingerprint density at radius 1 is 1.09 bits per heavy atom. The van der Waals surface area contributed by atoms with Crippen LogP contribution < -0.4 is 24.5 Å². The van der Waals surface area contributed by atoms with Gasteiger partial charge < -0.3 is 23.9 Å². The van der Waals surface area contributed by atoms with Crippen molar-refractivity contribution in [2.24, 2.45) is 0 Å². The molecule has 2 heterocycles.